The van der Waals surface area contributed by atoms with Crippen molar-refractivity contribution < 1.29 is 19.7 Å². The summed E-state index contributed by atoms with van der Waals surface area (Å²) in [7, 11) is 0. The number of rotatable bonds is 6. The highest BCUT2D eigenvalue weighted by Crippen LogP contribution is 2.31. The molecule has 1 unspecified atom stereocenters. The van der Waals surface area contributed by atoms with Gasteiger partial charge in [-0.15, -0.1) is 0 Å². The molecule has 0 amide bonds. The molecule has 4 nitrogen and oxygen atoms in total. The lowest BCUT2D eigenvalue weighted by molar-refractivity contribution is -0.151. The number of carbonyl (C=O) groups is 1. The third kappa shape index (κ3) is 5.19. The maximum absolute atomic E-state index is 12.0. The SMILES string of the molecule is C=C(C(=O)OC(C)(C)C)C(O)c1cc(CCCC)ccc1O. The molecule has 122 valence electrons. The summed E-state index contributed by atoms with van der Waals surface area (Å²) >= 11 is 0. The first kappa shape index (κ1) is 18.2. The van der Waals surface area contributed by atoms with Crippen LogP contribution in [0.5, 0.6) is 5.75 Å². The Hall–Kier alpha value is -1.81. The number of hydrogen-bond donors (Lipinski definition) is 2. The normalized spacial score (nSPS) is 12.8. The summed E-state index contributed by atoms with van der Waals surface area (Å²) in [6, 6.07) is 5.06. The molecular formula is C18H26O4. The number of benzene rings is 1. The van der Waals surface area contributed by atoms with Crippen LogP contribution in [0.2, 0.25) is 0 Å². The quantitative estimate of drug-likeness (QED) is 0.621. The fraction of sp³-hybridized carbons (Fsp3) is 0.500. The van der Waals surface area contributed by atoms with Crippen LogP contribution in [0.15, 0.2) is 30.4 Å². The van der Waals surface area contributed by atoms with Crippen LogP contribution in [-0.2, 0) is 16.0 Å². The molecule has 0 bridgehead atoms. The van der Waals surface area contributed by atoms with E-state index in [4.69, 9.17) is 4.74 Å². The molecule has 0 spiro atoms. The van der Waals surface area contributed by atoms with Crippen molar-refractivity contribution in [3.05, 3.63) is 41.5 Å². The summed E-state index contributed by atoms with van der Waals surface area (Å²) in [5.41, 5.74) is 0.540. The highest BCUT2D eigenvalue weighted by Gasteiger charge is 2.26. The summed E-state index contributed by atoms with van der Waals surface area (Å²) in [6.07, 6.45) is 1.66. The van der Waals surface area contributed by atoms with Crippen LogP contribution in [0.4, 0.5) is 0 Å². The zero-order valence-electron chi connectivity index (χ0n) is 13.8. The average Bonchev–Trinajstić information content (AvgIpc) is 2.43. The molecule has 0 aliphatic rings. The Morgan fingerprint density at radius 2 is 2.00 bits per heavy atom. The largest absolute Gasteiger partial charge is 0.508 e. The molecule has 0 aromatic heterocycles. The molecule has 0 fully saturated rings. The summed E-state index contributed by atoms with van der Waals surface area (Å²) in [5.74, 6) is -0.726. The molecular weight excluding hydrogens is 280 g/mol. The van der Waals surface area contributed by atoms with Gasteiger partial charge >= 0.3 is 5.97 Å². The number of esters is 1. The number of phenols is 1. The predicted molar refractivity (Wildman–Crippen MR) is 86.7 cm³/mol. The first-order valence-corrected chi connectivity index (χ1v) is 7.57. The fourth-order valence-corrected chi connectivity index (χ4v) is 2.00. The molecule has 0 saturated heterocycles. The molecule has 0 aliphatic heterocycles. The second-order valence-corrected chi connectivity index (χ2v) is 6.43. The molecule has 22 heavy (non-hydrogen) atoms. The van der Waals surface area contributed by atoms with Crippen LogP contribution in [-0.4, -0.2) is 21.8 Å². The van der Waals surface area contributed by atoms with Gasteiger partial charge in [-0.05, 0) is 51.3 Å². The average molecular weight is 306 g/mol. The molecule has 0 radical (unpaired) electrons. The Morgan fingerprint density at radius 1 is 1.36 bits per heavy atom. The van der Waals surface area contributed by atoms with E-state index < -0.39 is 17.7 Å². The van der Waals surface area contributed by atoms with Crippen molar-refractivity contribution in [3.8, 4) is 5.75 Å². The minimum Gasteiger partial charge on any atom is -0.508 e. The highest BCUT2D eigenvalue weighted by molar-refractivity contribution is 5.89. The van der Waals surface area contributed by atoms with Crippen molar-refractivity contribution >= 4 is 5.97 Å². The number of carbonyl (C=O) groups excluding carboxylic acids is 1. The minimum absolute atomic E-state index is 0.0579. The van der Waals surface area contributed by atoms with E-state index in [1.165, 1.54) is 6.07 Å². The zero-order chi connectivity index (χ0) is 16.9. The molecule has 0 heterocycles. The Labute approximate surface area is 132 Å². The van der Waals surface area contributed by atoms with Gasteiger partial charge in [0.25, 0.3) is 0 Å². The van der Waals surface area contributed by atoms with E-state index in [9.17, 15) is 15.0 Å². The molecule has 0 saturated carbocycles. The second-order valence-electron chi connectivity index (χ2n) is 6.43. The van der Waals surface area contributed by atoms with Crippen molar-refractivity contribution in [1.29, 1.82) is 0 Å². The van der Waals surface area contributed by atoms with Gasteiger partial charge in [0.2, 0.25) is 0 Å². The van der Waals surface area contributed by atoms with E-state index in [2.05, 4.69) is 13.5 Å². The molecule has 1 atom stereocenters. The molecule has 4 heteroatoms. The highest BCUT2D eigenvalue weighted by atomic mass is 16.6. The van der Waals surface area contributed by atoms with Crippen molar-refractivity contribution in [2.24, 2.45) is 0 Å². The Bertz CT molecular complexity index is 541. The number of aliphatic hydroxyl groups is 1. The van der Waals surface area contributed by atoms with Gasteiger partial charge in [-0.1, -0.05) is 26.0 Å². The predicted octanol–water partition coefficient (Wildman–Crippen LogP) is 3.67. The van der Waals surface area contributed by atoms with Gasteiger partial charge in [0.1, 0.15) is 17.5 Å². The standard InChI is InChI=1S/C18H26O4/c1-6-7-8-13-9-10-15(19)14(11-13)16(20)12(2)17(21)22-18(3,4)5/h9-11,16,19-20H,2,6-8H2,1,3-5H3. The number of aryl methyl sites for hydroxylation is 1. The molecule has 2 N–H and O–H groups in total. The third-order valence-corrected chi connectivity index (χ3v) is 3.20. The van der Waals surface area contributed by atoms with Gasteiger partial charge in [-0.2, -0.15) is 0 Å². The van der Waals surface area contributed by atoms with Crippen LogP contribution in [0.1, 0.15) is 57.8 Å². The fourth-order valence-electron chi connectivity index (χ4n) is 2.00. The maximum atomic E-state index is 12.0. The monoisotopic (exact) mass is 306 g/mol. The van der Waals surface area contributed by atoms with Gasteiger partial charge in [-0.3, -0.25) is 0 Å². The first-order chi connectivity index (χ1) is 10.2. The van der Waals surface area contributed by atoms with Gasteiger partial charge in [0.15, 0.2) is 0 Å². The number of aromatic hydroxyl groups is 1. The second kappa shape index (κ2) is 7.45. The van der Waals surface area contributed by atoms with Crippen LogP contribution in [0, 0.1) is 0 Å². The Balaban J connectivity index is 2.94. The number of phenolic OH excluding ortho intramolecular Hbond substituents is 1. The van der Waals surface area contributed by atoms with Gasteiger partial charge < -0.3 is 14.9 Å². The van der Waals surface area contributed by atoms with Crippen molar-refractivity contribution in [2.45, 2.75) is 58.7 Å². The first-order valence-electron chi connectivity index (χ1n) is 7.57. The van der Waals surface area contributed by atoms with Crippen molar-refractivity contribution in [3.63, 3.8) is 0 Å². The van der Waals surface area contributed by atoms with Crippen LogP contribution in [0.3, 0.4) is 0 Å². The van der Waals surface area contributed by atoms with Crippen molar-refractivity contribution in [1.82, 2.24) is 0 Å². The van der Waals surface area contributed by atoms with E-state index in [0.717, 1.165) is 24.8 Å². The topological polar surface area (TPSA) is 66.8 Å². The van der Waals surface area contributed by atoms with E-state index >= 15 is 0 Å². The van der Waals surface area contributed by atoms with E-state index in [1.54, 1.807) is 26.8 Å². The Kier molecular flexibility index (Phi) is 6.18. The molecule has 1 rings (SSSR count). The minimum atomic E-state index is -1.28. The zero-order valence-corrected chi connectivity index (χ0v) is 13.8. The van der Waals surface area contributed by atoms with E-state index in [1.807, 2.05) is 6.07 Å². The summed E-state index contributed by atoms with van der Waals surface area (Å²) in [4.78, 5) is 12.0. The number of unbranched alkanes of at least 4 members (excludes halogenated alkanes) is 1. The van der Waals surface area contributed by atoms with Crippen LogP contribution >= 0.6 is 0 Å². The van der Waals surface area contributed by atoms with E-state index in [0.29, 0.717) is 0 Å². The van der Waals surface area contributed by atoms with E-state index in [-0.39, 0.29) is 16.9 Å². The van der Waals surface area contributed by atoms with Gasteiger partial charge in [-0.25, -0.2) is 4.79 Å². The summed E-state index contributed by atoms with van der Waals surface area (Å²) in [5, 5.41) is 20.3. The Morgan fingerprint density at radius 3 is 2.55 bits per heavy atom. The molecule has 1 aromatic rings. The molecule has 0 aliphatic carbocycles. The van der Waals surface area contributed by atoms with Gasteiger partial charge in [0, 0.05) is 5.56 Å². The van der Waals surface area contributed by atoms with Crippen molar-refractivity contribution in [2.75, 3.05) is 0 Å². The molecule has 1 aromatic carbocycles. The van der Waals surface area contributed by atoms with Gasteiger partial charge in [0.05, 0.1) is 5.57 Å². The number of hydrogen-bond acceptors (Lipinski definition) is 4. The smallest absolute Gasteiger partial charge is 0.336 e. The third-order valence-electron chi connectivity index (χ3n) is 3.20. The lowest BCUT2D eigenvalue weighted by Gasteiger charge is -2.22. The number of ether oxygens (including phenoxy) is 1. The lowest BCUT2D eigenvalue weighted by Crippen LogP contribution is -2.26. The number of aliphatic hydroxyl groups excluding tert-OH is 1. The maximum Gasteiger partial charge on any atom is 0.336 e. The summed E-state index contributed by atoms with van der Waals surface area (Å²) < 4.78 is 5.20. The lowest BCUT2D eigenvalue weighted by atomic mass is 9.97. The summed E-state index contributed by atoms with van der Waals surface area (Å²) in [6.45, 7) is 10.9. The van der Waals surface area contributed by atoms with Crippen LogP contribution < -0.4 is 0 Å². The van der Waals surface area contributed by atoms with Crippen LogP contribution in [0.25, 0.3) is 0 Å².